The summed E-state index contributed by atoms with van der Waals surface area (Å²) in [5, 5.41) is 2.79. The zero-order valence-corrected chi connectivity index (χ0v) is 12.9. The number of carbonyl (C=O) groups excluding carboxylic acids is 2. The van der Waals surface area contributed by atoms with E-state index in [1.54, 1.807) is 20.8 Å². The Kier molecular flexibility index (Phi) is 5.58. The second-order valence-electron chi connectivity index (χ2n) is 5.68. The van der Waals surface area contributed by atoms with Crippen molar-refractivity contribution in [1.82, 2.24) is 0 Å². The summed E-state index contributed by atoms with van der Waals surface area (Å²) in [4.78, 5) is 21.2. The Morgan fingerprint density at radius 1 is 1.38 bits per heavy atom. The standard InChI is InChI=1S/C10H11NO2.C5H11NO2/c1-7-2-3-8-9(6-7)13-5-4-10(12)11-8;1-5(2,3)8-4(6)7/h2-3,6H,4-5H2,1H3,(H,11,12);1-3H3,(H2,6,7). The molecule has 6 nitrogen and oxygen atoms in total. The molecule has 0 aliphatic carbocycles. The van der Waals surface area contributed by atoms with Crippen LogP contribution < -0.4 is 15.8 Å². The van der Waals surface area contributed by atoms with Crippen molar-refractivity contribution in [2.75, 3.05) is 11.9 Å². The van der Waals surface area contributed by atoms with Crippen molar-refractivity contribution < 1.29 is 19.1 Å². The van der Waals surface area contributed by atoms with E-state index in [9.17, 15) is 9.59 Å². The minimum absolute atomic E-state index is 0.0163. The fourth-order valence-electron chi connectivity index (χ4n) is 1.62. The van der Waals surface area contributed by atoms with E-state index >= 15 is 0 Å². The Balaban J connectivity index is 0.000000240. The number of amides is 2. The van der Waals surface area contributed by atoms with Crippen LogP contribution in [-0.4, -0.2) is 24.2 Å². The van der Waals surface area contributed by atoms with Crippen LogP contribution in [0.4, 0.5) is 10.5 Å². The monoisotopic (exact) mass is 294 g/mol. The van der Waals surface area contributed by atoms with Gasteiger partial charge in [0.25, 0.3) is 0 Å². The van der Waals surface area contributed by atoms with Gasteiger partial charge in [-0.3, -0.25) is 4.79 Å². The van der Waals surface area contributed by atoms with Gasteiger partial charge in [0, 0.05) is 0 Å². The van der Waals surface area contributed by atoms with Gasteiger partial charge in [-0.15, -0.1) is 0 Å². The van der Waals surface area contributed by atoms with Crippen LogP contribution >= 0.6 is 0 Å². The normalized spacial score (nSPS) is 13.6. The fourth-order valence-corrected chi connectivity index (χ4v) is 1.62. The Labute approximate surface area is 124 Å². The van der Waals surface area contributed by atoms with Crippen molar-refractivity contribution in [3.8, 4) is 5.75 Å². The van der Waals surface area contributed by atoms with Crippen molar-refractivity contribution >= 4 is 17.7 Å². The number of hydrogen-bond donors (Lipinski definition) is 2. The average Bonchev–Trinajstić information content (AvgIpc) is 2.47. The van der Waals surface area contributed by atoms with E-state index in [2.05, 4.69) is 10.1 Å². The smallest absolute Gasteiger partial charge is 0.405 e. The number of carbonyl (C=O) groups is 2. The summed E-state index contributed by atoms with van der Waals surface area (Å²) in [7, 11) is 0. The SMILES string of the molecule is CC(C)(C)OC(N)=O.Cc1ccc2c(c1)OCCC(=O)N2. The average molecular weight is 294 g/mol. The van der Waals surface area contributed by atoms with Crippen LogP contribution in [0.25, 0.3) is 0 Å². The molecule has 1 aliphatic heterocycles. The van der Waals surface area contributed by atoms with E-state index in [1.807, 2.05) is 25.1 Å². The first-order valence-electron chi connectivity index (χ1n) is 6.69. The van der Waals surface area contributed by atoms with Gasteiger partial charge in [0.05, 0.1) is 18.7 Å². The summed E-state index contributed by atoms with van der Waals surface area (Å²) in [5.74, 6) is 0.786. The molecule has 0 saturated carbocycles. The van der Waals surface area contributed by atoms with Crippen molar-refractivity contribution in [3.63, 3.8) is 0 Å². The van der Waals surface area contributed by atoms with Crippen molar-refractivity contribution in [1.29, 1.82) is 0 Å². The van der Waals surface area contributed by atoms with Gasteiger partial charge in [-0.1, -0.05) is 6.07 Å². The molecule has 0 fully saturated rings. The van der Waals surface area contributed by atoms with Crippen LogP contribution in [0.1, 0.15) is 32.8 Å². The lowest BCUT2D eigenvalue weighted by Crippen LogP contribution is -2.27. The van der Waals surface area contributed by atoms with Crippen LogP contribution in [-0.2, 0) is 9.53 Å². The summed E-state index contributed by atoms with van der Waals surface area (Å²) >= 11 is 0. The number of benzene rings is 1. The minimum Gasteiger partial charge on any atom is -0.491 e. The highest BCUT2D eigenvalue weighted by molar-refractivity contribution is 5.93. The number of nitrogens with one attached hydrogen (secondary N) is 1. The molecule has 0 atom stereocenters. The number of ether oxygens (including phenoxy) is 2. The number of aryl methyl sites for hydroxylation is 1. The highest BCUT2D eigenvalue weighted by Gasteiger charge is 2.13. The van der Waals surface area contributed by atoms with Crippen molar-refractivity contribution in [2.45, 2.75) is 39.7 Å². The zero-order chi connectivity index (χ0) is 16.0. The summed E-state index contributed by atoms with van der Waals surface area (Å²) in [6, 6.07) is 5.75. The van der Waals surface area contributed by atoms with Crippen LogP contribution in [0.5, 0.6) is 5.75 Å². The van der Waals surface area contributed by atoms with E-state index in [0.717, 1.165) is 17.0 Å². The lowest BCUT2D eigenvalue weighted by atomic mass is 10.2. The van der Waals surface area contributed by atoms with Crippen LogP contribution in [0, 0.1) is 6.92 Å². The number of hydrogen-bond acceptors (Lipinski definition) is 4. The molecular formula is C15H22N2O4. The molecule has 0 bridgehead atoms. The topological polar surface area (TPSA) is 90.7 Å². The second-order valence-corrected chi connectivity index (χ2v) is 5.68. The van der Waals surface area contributed by atoms with Crippen LogP contribution in [0.2, 0.25) is 0 Å². The molecular weight excluding hydrogens is 272 g/mol. The highest BCUT2D eigenvalue weighted by atomic mass is 16.6. The van der Waals surface area contributed by atoms with E-state index < -0.39 is 11.7 Å². The molecule has 0 saturated heterocycles. The first-order valence-corrected chi connectivity index (χ1v) is 6.69. The van der Waals surface area contributed by atoms with Crippen molar-refractivity contribution in [2.24, 2.45) is 5.73 Å². The molecule has 21 heavy (non-hydrogen) atoms. The summed E-state index contributed by atoms with van der Waals surface area (Å²) < 4.78 is 9.99. The molecule has 0 unspecified atom stereocenters. The number of fused-ring (bicyclic) bond motifs is 1. The molecule has 3 N–H and O–H groups in total. The lowest BCUT2D eigenvalue weighted by Gasteiger charge is -2.16. The number of nitrogens with two attached hydrogens (primary N) is 1. The molecule has 2 amide bonds. The molecule has 0 aromatic heterocycles. The third kappa shape index (κ3) is 6.65. The molecule has 6 heteroatoms. The zero-order valence-electron chi connectivity index (χ0n) is 12.9. The Bertz CT molecular complexity index is 521. The fraction of sp³-hybridized carbons (Fsp3) is 0.467. The highest BCUT2D eigenvalue weighted by Crippen LogP contribution is 2.27. The van der Waals surface area contributed by atoms with E-state index in [-0.39, 0.29) is 5.91 Å². The molecule has 0 radical (unpaired) electrons. The molecule has 0 spiro atoms. The summed E-state index contributed by atoms with van der Waals surface area (Å²) in [6.07, 6.45) is -0.300. The maximum atomic E-state index is 11.1. The van der Waals surface area contributed by atoms with Gasteiger partial charge in [0.2, 0.25) is 5.91 Å². The predicted octanol–water partition coefficient (Wildman–Crippen LogP) is 2.60. The van der Waals surface area contributed by atoms with Gasteiger partial charge in [-0.05, 0) is 45.4 Å². The molecule has 116 valence electrons. The van der Waals surface area contributed by atoms with Crippen LogP contribution in [0.15, 0.2) is 18.2 Å². The molecule has 2 rings (SSSR count). The Morgan fingerprint density at radius 2 is 2.05 bits per heavy atom. The first-order chi connectivity index (χ1) is 9.67. The minimum atomic E-state index is -0.725. The number of primary amides is 1. The molecule has 1 aromatic carbocycles. The Morgan fingerprint density at radius 3 is 2.57 bits per heavy atom. The number of rotatable bonds is 0. The maximum Gasteiger partial charge on any atom is 0.405 e. The van der Waals surface area contributed by atoms with Gasteiger partial charge in [-0.25, -0.2) is 4.79 Å². The van der Waals surface area contributed by atoms with Gasteiger partial charge in [0.15, 0.2) is 0 Å². The van der Waals surface area contributed by atoms with Crippen molar-refractivity contribution in [3.05, 3.63) is 23.8 Å². The van der Waals surface area contributed by atoms with Gasteiger partial charge >= 0.3 is 6.09 Å². The van der Waals surface area contributed by atoms with E-state index in [1.165, 1.54) is 0 Å². The largest absolute Gasteiger partial charge is 0.491 e. The third-order valence-corrected chi connectivity index (χ3v) is 2.40. The first kappa shape index (κ1) is 16.8. The van der Waals surface area contributed by atoms with Crippen LogP contribution in [0.3, 0.4) is 0 Å². The quantitative estimate of drug-likeness (QED) is 0.769. The lowest BCUT2D eigenvalue weighted by molar-refractivity contribution is -0.116. The summed E-state index contributed by atoms with van der Waals surface area (Å²) in [6.45, 7) is 7.74. The van der Waals surface area contributed by atoms with Gasteiger partial charge in [-0.2, -0.15) is 0 Å². The van der Waals surface area contributed by atoms with Gasteiger partial charge < -0.3 is 20.5 Å². The second kappa shape index (κ2) is 6.97. The van der Waals surface area contributed by atoms with E-state index in [0.29, 0.717) is 13.0 Å². The van der Waals surface area contributed by atoms with E-state index in [4.69, 9.17) is 10.5 Å². The third-order valence-electron chi connectivity index (χ3n) is 2.40. The Hall–Kier alpha value is -2.24. The van der Waals surface area contributed by atoms with Gasteiger partial charge in [0.1, 0.15) is 11.4 Å². The predicted molar refractivity (Wildman–Crippen MR) is 80.3 cm³/mol. The maximum absolute atomic E-state index is 11.1. The molecule has 1 aliphatic rings. The molecule has 1 heterocycles. The summed E-state index contributed by atoms with van der Waals surface area (Å²) in [5.41, 5.74) is 6.17. The molecule has 1 aromatic rings. The number of anilines is 1.